The number of amidine groups is 1. The number of nitrogen functional groups attached to an aromatic ring is 1. The average molecular weight is 534 g/mol. The summed E-state index contributed by atoms with van der Waals surface area (Å²) in [5, 5.41) is 8.12. The van der Waals surface area contributed by atoms with E-state index in [0.717, 1.165) is 0 Å². The number of urea groups is 1. The number of benzene rings is 2. The standard InChI is InChI=1S/C25H32ClN5O4S/c1-35-17-19-15-29(25(32)31(16-19)22-6-2-4-20(12-22)24(27)28)14-18-8-10-30(11-9-18)36(33,34)23-7-3-5-21(26)13-23/h2-7,12-13,18-19H,8-11,14-17H2,1H3,(H3,27,28). The molecule has 2 aromatic carbocycles. The quantitative estimate of drug-likeness (QED) is 0.399. The normalized spacial score (nSPS) is 20.1. The highest BCUT2D eigenvalue weighted by Gasteiger charge is 2.36. The largest absolute Gasteiger partial charge is 0.384 e. The highest BCUT2D eigenvalue weighted by atomic mass is 35.5. The highest BCUT2D eigenvalue weighted by molar-refractivity contribution is 7.89. The fraction of sp³-hybridized carbons (Fsp3) is 0.440. The summed E-state index contributed by atoms with van der Waals surface area (Å²) < 4.78 is 33.0. The fourth-order valence-electron chi connectivity index (χ4n) is 4.93. The van der Waals surface area contributed by atoms with Crippen LogP contribution in [0.4, 0.5) is 10.5 Å². The molecule has 194 valence electrons. The number of methoxy groups -OCH3 is 1. The van der Waals surface area contributed by atoms with Crippen molar-refractivity contribution in [3.05, 3.63) is 59.1 Å². The van der Waals surface area contributed by atoms with Gasteiger partial charge < -0.3 is 15.4 Å². The van der Waals surface area contributed by atoms with Crippen LogP contribution >= 0.6 is 11.6 Å². The number of hydrogen-bond acceptors (Lipinski definition) is 5. The Morgan fingerprint density at radius 2 is 1.83 bits per heavy atom. The summed E-state index contributed by atoms with van der Waals surface area (Å²) in [7, 11) is -1.96. The average Bonchev–Trinajstić information content (AvgIpc) is 2.86. The summed E-state index contributed by atoms with van der Waals surface area (Å²) in [6, 6.07) is 13.4. The van der Waals surface area contributed by atoms with Gasteiger partial charge in [-0.05, 0) is 49.1 Å². The van der Waals surface area contributed by atoms with E-state index < -0.39 is 10.0 Å². The number of nitrogens with one attached hydrogen (secondary N) is 1. The van der Waals surface area contributed by atoms with E-state index in [-0.39, 0.29) is 28.6 Å². The van der Waals surface area contributed by atoms with Crippen molar-refractivity contribution >= 4 is 39.2 Å². The zero-order chi connectivity index (χ0) is 25.9. The number of hydrogen-bond donors (Lipinski definition) is 2. The van der Waals surface area contributed by atoms with E-state index in [0.29, 0.717) is 68.4 Å². The zero-order valence-corrected chi connectivity index (χ0v) is 21.8. The summed E-state index contributed by atoms with van der Waals surface area (Å²) in [4.78, 5) is 17.2. The number of sulfonamides is 1. The van der Waals surface area contributed by atoms with Crippen LogP contribution in [0.15, 0.2) is 53.4 Å². The molecule has 0 bridgehead atoms. The molecule has 0 aliphatic carbocycles. The molecule has 2 aromatic rings. The summed E-state index contributed by atoms with van der Waals surface area (Å²) in [5.41, 5.74) is 6.91. The van der Waals surface area contributed by atoms with Crippen molar-refractivity contribution in [3.63, 3.8) is 0 Å². The van der Waals surface area contributed by atoms with Crippen molar-refractivity contribution in [1.82, 2.24) is 9.21 Å². The Labute approximate surface area is 217 Å². The van der Waals surface area contributed by atoms with Gasteiger partial charge in [-0.2, -0.15) is 4.31 Å². The fourth-order valence-corrected chi connectivity index (χ4v) is 6.70. The third-order valence-corrected chi connectivity index (χ3v) is 8.91. The molecule has 2 saturated heterocycles. The number of carbonyl (C=O) groups is 1. The van der Waals surface area contributed by atoms with Gasteiger partial charge in [-0.15, -0.1) is 0 Å². The van der Waals surface area contributed by atoms with Gasteiger partial charge in [0, 0.05) is 62.0 Å². The molecule has 36 heavy (non-hydrogen) atoms. The maximum Gasteiger partial charge on any atom is 0.324 e. The van der Waals surface area contributed by atoms with Crippen LogP contribution in [0, 0.1) is 17.2 Å². The van der Waals surface area contributed by atoms with Crippen molar-refractivity contribution in [2.45, 2.75) is 17.7 Å². The smallest absolute Gasteiger partial charge is 0.324 e. The number of anilines is 1. The van der Waals surface area contributed by atoms with Crippen molar-refractivity contribution < 1.29 is 17.9 Å². The van der Waals surface area contributed by atoms with Crippen molar-refractivity contribution in [1.29, 1.82) is 5.41 Å². The monoisotopic (exact) mass is 533 g/mol. The van der Waals surface area contributed by atoms with Gasteiger partial charge in [-0.1, -0.05) is 29.8 Å². The van der Waals surface area contributed by atoms with Crippen molar-refractivity contribution in [3.8, 4) is 0 Å². The second-order valence-corrected chi connectivity index (χ2v) is 11.8. The van der Waals surface area contributed by atoms with Gasteiger partial charge in [0.05, 0.1) is 11.5 Å². The minimum Gasteiger partial charge on any atom is -0.384 e. The summed E-state index contributed by atoms with van der Waals surface area (Å²) >= 11 is 6.00. The molecule has 0 radical (unpaired) electrons. The second-order valence-electron chi connectivity index (χ2n) is 9.39. The molecule has 2 amide bonds. The lowest BCUT2D eigenvalue weighted by Crippen LogP contribution is -2.56. The Kier molecular flexibility index (Phi) is 8.19. The molecule has 2 heterocycles. The van der Waals surface area contributed by atoms with Gasteiger partial charge in [-0.3, -0.25) is 10.3 Å². The Morgan fingerprint density at radius 1 is 1.11 bits per heavy atom. The van der Waals surface area contributed by atoms with E-state index in [1.807, 2.05) is 11.0 Å². The first kappa shape index (κ1) is 26.4. The van der Waals surface area contributed by atoms with Crippen LogP contribution in [0.5, 0.6) is 0 Å². The summed E-state index contributed by atoms with van der Waals surface area (Å²) in [6.45, 7) is 2.95. The molecule has 0 aromatic heterocycles. The maximum absolute atomic E-state index is 13.5. The predicted molar refractivity (Wildman–Crippen MR) is 140 cm³/mol. The molecular formula is C25H32ClN5O4S. The molecular weight excluding hydrogens is 502 g/mol. The Morgan fingerprint density at radius 3 is 2.50 bits per heavy atom. The molecule has 1 unspecified atom stereocenters. The SMILES string of the molecule is COCC1CN(CC2CCN(S(=O)(=O)c3cccc(Cl)c3)CC2)C(=O)N(c2cccc(C(=N)N)c2)C1. The first-order valence-corrected chi connectivity index (χ1v) is 13.8. The molecule has 1 atom stereocenters. The highest BCUT2D eigenvalue weighted by Crippen LogP contribution is 2.29. The molecule has 2 aliphatic heterocycles. The summed E-state index contributed by atoms with van der Waals surface area (Å²) in [6.07, 6.45) is 1.33. The molecule has 2 aliphatic rings. The van der Waals surface area contributed by atoms with Gasteiger partial charge in [0.1, 0.15) is 5.84 Å². The van der Waals surface area contributed by atoms with E-state index in [4.69, 9.17) is 27.5 Å². The lowest BCUT2D eigenvalue weighted by atomic mass is 9.96. The third-order valence-electron chi connectivity index (χ3n) is 6.78. The lowest BCUT2D eigenvalue weighted by molar-refractivity contribution is 0.105. The van der Waals surface area contributed by atoms with Crippen LogP contribution in [0.3, 0.4) is 0 Å². The number of rotatable bonds is 8. The van der Waals surface area contributed by atoms with E-state index in [2.05, 4.69) is 0 Å². The van der Waals surface area contributed by atoms with Gasteiger partial charge in [0.25, 0.3) is 0 Å². The lowest BCUT2D eigenvalue weighted by Gasteiger charge is -2.42. The van der Waals surface area contributed by atoms with E-state index in [1.165, 1.54) is 10.4 Å². The maximum atomic E-state index is 13.5. The molecule has 2 fully saturated rings. The first-order valence-electron chi connectivity index (χ1n) is 11.9. The number of nitrogens with two attached hydrogens (primary N) is 1. The number of ether oxygens (including phenoxy) is 1. The Balaban J connectivity index is 1.44. The molecule has 0 spiro atoms. The van der Waals surface area contributed by atoms with Gasteiger partial charge in [0.15, 0.2) is 0 Å². The van der Waals surface area contributed by atoms with Crippen LogP contribution < -0.4 is 10.6 Å². The van der Waals surface area contributed by atoms with Gasteiger partial charge in [-0.25, -0.2) is 13.2 Å². The van der Waals surface area contributed by atoms with Gasteiger partial charge >= 0.3 is 6.03 Å². The number of amides is 2. The molecule has 11 heteroatoms. The minimum absolute atomic E-state index is 0.0499. The van der Waals surface area contributed by atoms with Crippen LogP contribution in [0.1, 0.15) is 18.4 Å². The van der Waals surface area contributed by atoms with Gasteiger partial charge in [0.2, 0.25) is 10.0 Å². The molecule has 0 saturated carbocycles. The van der Waals surface area contributed by atoms with Crippen LogP contribution in [0.25, 0.3) is 0 Å². The minimum atomic E-state index is -3.61. The third kappa shape index (κ3) is 5.83. The molecule has 9 nitrogen and oxygen atoms in total. The molecule has 3 N–H and O–H groups in total. The second kappa shape index (κ2) is 11.2. The topological polar surface area (TPSA) is 120 Å². The van der Waals surface area contributed by atoms with E-state index in [9.17, 15) is 13.2 Å². The van der Waals surface area contributed by atoms with E-state index >= 15 is 0 Å². The van der Waals surface area contributed by atoms with Crippen molar-refractivity contribution in [2.24, 2.45) is 17.6 Å². The zero-order valence-electron chi connectivity index (χ0n) is 20.3. The van der Waals surface area contributed by atoms with Crippen LogP contribution in [-0.2, 0) is 14.8 Å². The van der Waals surface area contributed by atoms with Crippen LogP contribution in [0.2, 0.25) is 5.02 Å². The van der Waals surface area contributed by atoms with E-state index in [1.54, 1.807) is 48.4 Å². The number of halogens is 1. The molecule has 4 rings (SSSR count). The van der Waals surface area contributed by atoms with Crippen LogP contribution in [-0.4, -0.2) is 75.9 Å². The Bertz CT molecular complexity index is 1220. The number of carbonyl (C=O) groups excluding carboxylic acids is 1. The number of nitrogens with zero attached hydrogens (tertiary/aromatic N) is 3. The predicted octanol–water partition coefficient (Wildman–Crippen LogP) is 3.23. The number of piperidine rings is 1. The summed E-state index contributed by atoms with van der Waals surface area (Å²) in [5.74, 6) is 0.259. The first-order chi connectivity index (χ1) is 17.2. The Hall–Kier alpha value is -2.66. The van der Waals surface area contributed by atoms with Crippen molar-refractivity contribution in [2.75, 3.05) is 51.3 Å².